The van der Waals surface area contributed by atoms with E-state index >= 15 is 0 Å². The minimum atomic E-state index is -0.839. The summed E-state index contributed by atoms with van der Waals surface area (Å²) in [5.74, 6) is -1.57. The van der Waals surface area contributed by atoms with E-state index in [-0.39, 0.29) is 17.7 Å². The molecular formula is C18H24N2O3. The quantitative estimate of drug-likeness (QED) is 0.628. The molecule has 1 heterocycles. The number of amides is 3. The summed E-state index contributed by atoms with van der Waals surface area (Å²) >= 11 is 0. The second-order valence-electron chi connectivity index (χ2n) is 6.57. The van der Waals surface area contributed by atoms with Gasteiger partial charge in [-0.3, -0.25) is 19.3 Å². The molecule has 2 atom stereocenters. The van der Waals surface area contributed by atoms with Gasteiger partial charge in [0, 0.05) is 14.1 Å². The van der Waals surface area contributed by atoms with E-state index in [1.165, 1.54) is 11.9 Å². The molecule has 1 aromatic carbocycles. The zero-order valence-corrected chi connectivity index (χ0v) is 14.2. The third kappa shape index (κ3) is 3.60. The summed E-state index contributed by atoms with van der Waals surface area (Å²) in [5, 5.41) is 0. The van der Waals surface area contributed by atoms with Gasteiger partial charge in [0.05, 0.1) is 0 Å². The molecule has 124 valence electrons. The van der Waals surface area contributed by atoms with Gasteiger partial charge in [0.25, 0.3) is 5.91 Å². The largest absolute Gasteiger partial charge is 0.333 e. The van der Waals surface area contributed by atoms with Crippen molar-refractivity contribution >= 4 is 17.7 Å². The highest BCUT2D eigenvalue weighted by atomic mass is 16.2. The lowest BCUT2D eigenvalue weighted by molar-refractivity contribution is -0.145. The maximum Gasteiger partial charge on any atom is 0.251 e. The Bertz CT molecular complexity index is 598. The summed E-state index contributed by atoms with van der Waals surface area (Å²) in [4.78, 5) is 40.5. The number of carbonyl (C=O) groups excluding carboxylic acids is 3. The van der Waals surface area contributed by atoms with Crippen LogP contribution in [0.25, 0.3) is 0 Å². The van der Waals surface area contributed by atoms with Crippen molar-refractivity contribution in [3.8, 4) is 0 Å². The third-order valence-electron chi connectivity index (χ3n) is 4.33. The van der Waals surface area contributed by atoms with Crippen LogP contribution in [0, 0.1) is 11.8 Å². The highest BCUT2D eigenvalue weighted by Gasteiger charge is 2.43. The number of likely N-dealkylation sites (N-methyl/N-ethyl adjacent to an activating group) is 2. The van der Waals surface area contributed by atoms with E-state index in [1.54, 1.807) is 7.05 Å². The molecule has 2 rings (SSSR count). The van der Waals surface area contributed by atoms with E-state index in [4.69, 9.17) is 0 Å². The maximum atomic E-state index is 12.8. The van der Waals surface area contributed by atoms with Crippen LogP contribution in [-0.4, -0.2) is 47.7 Å². The fraction of sp³-hybridized carbons (Fsp3) is 0.500. The molecule has 0 N–H and O–H groups in total. The predicted molar refractivity (Wildman–Crippen MR) is 87.4 cm³/mol. The van der Waals surface area contributed by atoms with Gasteiger partial charge in [-0.2, -0.15) is 0 Å². The Labute approximate surface area is 137 Å². The van der Waals surface area contributed by atoms with Crippen molar-refractivity contribution in [2.24, 2.45) is 11.8 Å². The van der Waals surface area contributed by atoms with Gasteiger partial charge in [-0.15, -0.1) is 0 Å². The number of hydrogen-bond donors (Lipinski definition) is 0. The Hall–Kier alpha value is -2.17. The summed E-state index contributed by atoms with van der Waals surface area (Å²) in [5.41, 5.74) is 0.913. The van der Waals surface area contributed by atoms with E-state index in [0.717, 1.165) is 10.5 Å². The molecule has 0 unspecified atom stereocenters. The van der Waals surface area contributed by atoms with Crippen molar-refractivity contribution in [3.63, 3.8) is 0 Å². The van der Waals surface area contributed by atoms with E-state index < -0.39 is 17.9 Å². The van der Waals surface area contributed by atoms with Crippen LogP contribution in [0.4, 0.5) is 0 Å². The van der Waals surface area contributed by atoms with Crippen LogP contribution in [-0.2, 0) is 20.8 Å². The lowest BCUT2D eigenvalue weighted by Gasteiger charge is -2.27. The molecule has 1 aliphatic heterocycles. The van der Waals surface area contributed by atoms with Crippen molar-refractivity contribution in [2.75, 3.05) is 14.1 Å². The number of imide groups is 1. The number of benzene rings is 1. The number of nitrogens with zero attached hydrogens (tertiary/aromatic N) is 2. The van der Waals surface area contributed by atoms with Crippen molar-refractivity contribution < 1.29 is 14.4 Å². The molecule has 1 fully saturated rings. The van der Waals surface area contributed by atoms with Gasteiger partial charge in [-0.05, 0) is 24.3 Å². The highest BCUT2D eigenvalue weighted by molar-refractivity contribution is 6.11. The normalized spacial score (nSPS) is 22.7. The van der Waals surface area contributed by atoms with E-state index in [9.17, 15) is 14.4 Å². The Kier molecular flexibility index (Phi) is 5.19. The fourth-order valence-corrected chi connectivity index (χ4v) is 2.97. The van der Waals surface area contributed by atoms with Gasteiger partial charge in [0.2, 0.25) is 11.8 Å². The summed E-state index contributed by atoms with van der Waals surface area (Å²) in [6, 6.07) is 8.85. The zero-order valence-electron chi connectivity index (χ0n) is 14.2. The van der Waals surface area contributed by atoms with E-state index in [1.807, 2.05) is 44.2 Å². The van der Waals surface area contributed by atoms with Crippen LogP contribution < -0.4 is 0 Å². The molecule has 5 nitrogen and oxygen atoms in total. The van der Waals surface area contributed by atoms with Gasteiger partial charge in [0.1, 0.15) is 12.0 Å². The molecule has 0 bridgehead atoms. The van der Waals surface area contributed by atoms with Crippen LogP contribution in [0.1, 0.15) is 25.8 Å². The average molecular weight is 316 g/mol. The summed E-state index contributed by atoms with van der Waals surface area (Å²) in [7, 11) is 3.10. The molecule has 5 heteroatoms. The minimum absolute atomic E-state index is 0.258. The Morgan fingerprint density at radius 1 is 0.957 bits per heavy atom. The molecule has 0 saturated carbocycles. The molecule has 0 aliphatic carbocycles. The van der Waals surface area contributed by atoms with Crippen LogP contribution in [0.3, 0.4) is 0 Å². The van der Waals surface area contributed by atoms with Crippen LogP contribution in [0.5, 0.6) is 0 Å². The second kappa shape index (κ2) is 6.94. The van der Waals surface area contributed by atoms with Crippen molar-refractivity contribution in [1.82, 2.24) is 9.80 Å². The molecule has 0 aromatic heterocycles. The highest BCUT2D eigenvalue weighted by Crippen LogP contribution is 2.23. The first-order valence-corrected chi connectivity index (χ1v) is 7.95. The second-order valence-corrected chi connectivity index (χ2v) is 6.57. The van der Waals surface area contributed by atoms with Crippen LogP contribution in [0.15, 0.2) is 30.3 Å². The van der Waals surface area contributed by atoms with Gasteiger partial charge in [0.15, 0.2) is 0 Å². The third-order valence-corrected chi connectivity index (χ3v) is 4.33. The minimum Gasteiger partial charge on any atom is -0.333 e. The topological polar surface area (TPSA) is 57.7 Å². The average Bonchev–Trinajstić information content (AvgIpc) is 2.58. The molecule has 1 saturated heterocycles. The smallest absolute Gasteiger partial charge is 0.251 e. The lowest BCUT2D eigenvalue weighted by Crippen LogP contribution is -2.45. The van der Waals surface area contributed by atoms with Gasteiger partial charge < -0.3 is 4.90 Å². The molecule has 1 aromatic rings. The molecule has 0 spiro atoms. The number of rotatable bonds is 4. The molecule has 23 heavy (non-hydrogen) atoms. The Morgan fingerprint density at radius 3 is 2.13 bits per heavy atom. The maximum absolute atomic E-state index is 12.8. The first-order chi connectivity index (χ1) is 10.8. The Balaban J connectivity index is 2.32. The molecule has 3 amide bonds. The Morgan fingerprint density at radius 2 is 1.57 bits per heavy atom. The monoisotopic (exact) mass is 316 g/mol. The lowest BCUT2D eigenvalue weighted by atomic mass is 9.96. The van der Waals surface area contributed by atoms with E-state index in [0.29, 0.717) is 12.8 Å². The van der Waals surface area contributed by atoms with Crippen molar-refractivity contribution in [3.05, 3.63) is 35.9 Å². The van der Waals surface area contributed by atoms with Crippen LogP contribution in [0.2, 0.25) is 0 Å². The number of carbonyl (C=O) groups is 3. The van der Waals surface area contributed by atoms with Crippen molar-refractivity contribution in [1.29, 1.82) is 0 Å². The first-order valence-electron chi connectivity index (χ1n) is 7.95. The standard InChI is InChI=1S/C18H24N2O3/c1-12(2)10-15-18(23)20(4)17(22)14(16(21)19(15)3)11-13-8-6-5-7-9-13/h5-9,12,14-15H,10-11H2,1-4H3/t14-,15-/m0/s1. The SMILES string of the molecule is CC(C)C[C@H]1C(=O)N(C)C(=O)[C@@H](Cc2ccccc2)C(=O)N1C. The van der Waals surface area contributed by atoms with E-state index in [2.05, 4.69) is 0 Å². The summed E-state index contributed by atoms with van der Waals surface area (Å²) in [6.45, 7) is 4.00. The zero-order chi connectivity index (χ0) is 17.1. The molecule has 1 aliphatic rings. The van der Waals surface area contributed by atoms with Gasteiger partial charge in [-0.25, -0.2) is 0 Å². The summed E-state index contributed by atoms with van der Waals surface area (Å²) < 4.78 is 0. The van der Waals surface area contributed by atoms with Gasteiger partial charge in [-0.1, -0.05) is 44.2 Å². The predicted octanol–water partition coefficient (Wildman–Crippen LogP) is 1.72. The van der Waals surface area contributed by atoms with Crippen LogP contribution >= 0.6 is 0 Å². The molecule has 0 radical (unpaired) electrons. The van der Waals surface area contributed by atoms with Gasteiger partial charge >= 0.3 is 0 Å². The van der Waals surface area contributed by atoms with Crippen molar-refractivity contribution in [2.45, 2.75) is 32.7 Å². The first kappa shape index (κ1) is 17.2. The number of hydrogen-bond acceptors (Lipinski definition) is 3. The summed E-state index contributed by atoms with van der Waals surface area (Å²) in [6.07, 6.45) is 0.867. The fourth-order valence-electron chi connectivity index (χ4n) is 2.97. The molecular weight excluding hydrogens is 292 g/mol.